The molecule has 27 heavy (non-hydrogen) atoms. The summed E-state index contributed by atoms with van der Waals surface area (Å²) in [6.07, 6.45) is 1.73. The Balaban J connectivity index is 1.40. The second-order valence-electron chi connectivity index (χ2n) is 6.40. The van der Waals surface area contributed by atoms with E-state index in [1.165, 1.54) is 11.3 Å². The average Bonchev–Trinajstić information content (AvgIpc) is 3.17. The van der Waals surface area contributed by atoms with Gasteiger partial charge in [0.1, 0.15) is 0 Å². The van der Waals surface area contributed by atoms with Crippen LogP contribution < -0.4 is 5.56 Å². The first-order valence-corrected chi connectivity index (χ1v) is 9.49. The Morgan fingerprint density at radius 1 is 1.22 bits per heavy atom. The Morgan fingerprint density at radius 2 is 2.04 bits per heavy atom. The van der Waals surface area contributed by atoms with Gasteiger partial charge in [-0.3, -0.25) is 18.9 Å². The van der Waals surface area contributed by atoms with Crippen LogP contribution in [0.25, 0.3) is 4.96 Å². The summed E-state index contributed by atoms with van der Waals surface area (Å²) in [4.78, 5) is 34.0. The summed E-state index contributed by atoms with van der Waals surface area (Å²) in [6.45, 7) is 3.24. The minimum Gasteiger partial charge on any atom is -0.336 e. The zero-order valence-corrected chi connectivity index (χ0v) is 15.4. The van der Waals surface area contributed by atoms with Gasteiger partial charge in [0.05, 0.1) is 17.3 Å². The van der Waals surface area contributed by atoms with Crippen molar-refractivity contribution in [3.05, 3.63) is 69.1 Å². The van der Waals surface area contributed by atoms with Crippen molar-refractivity contribution in [1.29, 1.82) is 5.26 Å². The molecule has 0 bridgehead atoms. The van der Waals surface area contributed by atoms with Crippen LogP contribution in [0.2, 0.25) is 0 Å². The molecule has 1 aromatic carbocycles. The van der Waals surface area contributed by atoms with E-state index in [0.717, 1.165) is 18.8 Å². The normalized spacial score (nSPS) is 15.0. The van der Waals surface area contributed by atoms with E-state index in [2.05, 4.69) is 16.0 Å². The summed E-state index contributed by atoms with van der Waals surface area (Å²) in [5.74, 6) is -0.0527. The molecule has 0 radical (unpaired) electrons. The zero-order chi connectivity index (χ0) is 18.8. The molecule has 0 atom stereocenters. The van der Waals surface area contributed by atoms with Crippen molar-refractivity contribution in [2.24, 2.45) is 0 Å². The van der Waals surface area contributed by atoms with Crippen LogP contribution in [0.3, 0.4) is 0 Å². The van der Waals surface area contributed by atoms with Gasteiger partial charge in [-0.15, -0.1) is 11.3 Å². The lowest BCUT2D eigenvalue weighted by Crippen LogP contribution is -2.48. The van der Waals surface area contributed by atoms with E-state index < -0.39 is 0 Å². The molecule has 4 rings (SSSR count). The van der Waals surface area contributed by atoms with E-state index >= 15 is 0 Å². The third kappa shape index (κ3) is 3.60. The van der Waals surface area contributed by atoms with Crippen molar-refractivity contribution in [2.45, 2.75) is 6.54 Å². The number of piperazine rings is 1. The molecule has 8 heteroatoms. The number of nitrogens with zero attached hydrogens (tertiary/aromatic N) is 5. The molecule has 1 aliphatic rings. The number of fused-ring (bicyclic) bond motifs is 1. The van der Waals surface area contributed by atoms with E-state index in [0.29, 0.717) is 35.7 Å². The Morgan fingerprint density at radius 3 is 2.81 bits per heavy atom. The molecule has 0 aliphatic carbocycles. The predicted molar refractivity (Wildman–Crippen MR) is 102 cm³/mol. The zero-order valence-electron chi connectivity index (χ0n) is 14.5. The van der Waals surface area contributed by atoms with Crippen molar-refractivity contribution >= 4 is 22.2 Å². The van der Waals surface area contributed by atoms with Crippen molar-refractivity contribution in [1.82, 2.24) is 19.2 Å². The van der Waals surface area contributed by atoms with Crippen LogP contribution in [0.5, 0.6) is 0 Å². The third-order valence-electron chi connectivity index (χ3n) is 4.64. The number of hydrogen-bond donors (Lipinski definition) is 0. The van der Waals surface area contributed by atoms with Gasteiger partial charge in [0.15, 0.2) is 4.96 Å². The number of rotatable bonds is 3. The van der Waals surface area contributed by atoms with Gasteiger partial charge in [-0.1, -0.05) is 6.07 Å². The van der Waals surface area contributed by atoms with Crippen molar-refractivity contribution in [2.75, 3.05) is 26.2 Å². The van der Waals surface area contributed by atoms with Gasteiger partial charge in [0.2, 0.25) is 0 Å². The van der Waals surface area contributed by atoms with Crippen LogP contribution in [0.1, 0.15) is 21.6 Å². The van der Waals surface area contributed by atoms with Gasteiger partial charge >= 0.3 is 0 Å². The molecule has 1 aliphatic heterocycles. The van der Waals surface area contributed by atoms with Crippen LogP contribution in [0.4, 0.5) is 0 Å². The summed E-state index contributed by atoms with van der Waals surface area (Å²) in [7, 11) is 0. The van der Waals surface area contributed by atoms with Crippen molar-refractivity contribution in [3.63, 3.8) is 0 Å². The first-order chi connectivity index (χ1) is 13.1. The van der Waals surface area contributed by atoms with Gasteiger partial charge in [-0.25, -0.2) is 4.98 Å². The number of aromatic nitrogens is 2. The van der Waals surface area contributed by atoms with Crippen LogP contribution in [-0.2, 0) is 6.54 Å². The highest BCUT2D eigenvalue weighted by atomic mass is 32.1. The first-order valence-electron chi connectivity index (χ1n) is 8.61. The smallest absolute Gasteiger partial charge is 0.258 e. The molecule has 0 N–H and O–H groups in total. The number of benzene rings is 1. The quantitative estimate of drug-likeness (QED) is 0.690. The molecular weight excluding hydrogens is 362 g/mol. The molecule has 1 saturated heterocycles. The van der Waals surface area contributed by atoms with E-state index in [4.69, 9.17) is 5.26 Å². The lowest BCUT2D eigenvalue weighted by molar-refractivity contribution is 0.0627. The summed E-state index contributed by atoms with van der Waals surface area (Å²) in [5.41, 5.74) is 1.72. The van der Waals surface area contributed by atoms with Gasteiger partial charge in [0.25, 0.3) is 11.5 Å². The number of hydrogen-bond acceptors (Lipinski definition) is 6. The maximum atomic E-state index is 12.6. The third-order valence-corrected chi connectivity index (χ3v) is 5.40. The van der Waals surface area contributed by atoms with Crippen LogP contribution in [0, 0.1) is 11.3 Å². The summed E-state index contributed by atoms with van der Waals surface area (Å²) in [6, 6.07) is 10.4. The fourth-order valence-electron chi connectivity index (χ4n) is 3.21. The van der Waals surface area contributed by atoms with Gasteiger partial charge < -0.3 is 4.90 Å². The Kier molecular flexibility index (Phi) is 4.71. The minimum atomic E-state index is -0.0672. The molecule has 3 aromatic rings. The molecule has 0 saturated carbocycles. The van der Waals surface area contributed by atoms with Crippen LogP contribution >= 0.6 is 11.3 Å². The van der Waals surface area contributed by atoms with Crippen molar-refractivity contribution < 1.29 is 4.79 Å². The molecule has 7 nitrogen and oxygen atoms in total. The lowest BCUT2D eigenvalue weighted by atomic mass is 10.1. The van der Waals surface area contributed by atoms with Crippen molar-refractivity contribution in [3.8, 4) is 6.07 Å². The maximum absolute atomic E-state index is 12.6. The molecule has 1 fully saturated rings. The number of nitriles is 1. The number of amides is 1. The monoisotopic (exact) mass is 379 g/mol. The predicted octanol–water partition coefficient (Wildman–Crippen LogP) is 1.59. The lowest BCUT2D eigenvalue weighted by Gasteiger charge is -2.34. The SMILES string of the molecule is N#Cc1cccc(C(=O)N2CCN(Cc3cc(=O)n4ccsc4n3)CC2)c1. The maximum Gasteiger partial charge on any atom is 0.258 e. The Hall–Kier alpha value is -3.02. The summed E-state index contributed by atoms with van der Waals surface area (Å²) in [5, 5.41) is 10.8. The van der Waals surface area contributed by atoms with Gasteiger partial charge in [-0.05, 0) is 18.2 Å². The fourth-order valence-corrected chi connectivity index (χ4v) is 3.95. The van der Waals surface area contributed by atoms with E-state index in [1.54, 1.807) is 45.8 Å². The molecule has 3 heterocycles. The number of thiazole rings is 1. The topological polar surface area (TPSA) is 81.7 Å². The standard InChI is InChI=1S/C19H17N5O2S/c20-12-14-2-1-3-15(10-14)18(26)23-6-4-22(5-7-23)13-16-11-17(25)24-8-9-27-19(24)21-16/h1-3,8-11H,4-7,13H2. The molecule has 1 amide bonds. The van der Waals surface area contributed by atoms with Gasteiger partial charge in [-0.2, -0.15) is 5.26 Å². The van der Waals surface area contributed by atoms with E-state index in [1.807, 2.05) is 5.38 Å². The number of carbonyl (C=O) groups excluding carboxylic acids is 1. The highest BCUT2D eigenvalue weighted by Crippen LogP contribution is 2.13. The fraction of sp³-hybridized carbons (Fsp3) is 0.263. The highest BCUT2D eigenvalue weighted by Gasteiger charge is 2.22. The Labute approximate surface area is 159 Å². The van der Waals surface area contributed by atoms with Crippen LogP contribution in [0.15, 0.2) is 46.7 Å². The minimum absolute atomic E-state index is 0.0527. The second-order valence-corrected chi connectivity index (χ2v) is 7.28. The molecule has 0 spiro atoms. The largest absolute Gasteiger partial charge is 0.336 e. The summed E-state index contributed by atoms with van der Waals surface area (Å²) < 4.78 is 1.54. The highest BCUT2D eigenvalue weighted by molar-refractivity contribution is 7.15. The molecular formula is C19H17N5O2S. The molecule has 0 unspecified atom stereocenters. The van der Waals surface area contributed by atoms with E-state index in [-0.39, 0.29) is 11.5 Å². The van der Waals surface area contributed by atoms with E-state index in [9.17, 15) is 9.59 Å². The average molecular weight is 379 g/mol. The first kappa shape index (κ1) is 17.4. The summed E-state index contributed by atoms with van der Waals surface area (Å²) >= 11 is 1.44. The second kappa shape index (κ2) is 7.31. The van der Waals surface area contributed by atoms with Gasteiger partial charge in [0, 0.05) is 55.9 Å². The Bertz CT molecular complexity index is 1090. The molecule has 136 valence electrons. The number of carbonyl (C=O) groups is 1. The van der Waals surface area contributed by atoms with Crippen LogP contribution in [-0.4, -0.2) is 51.3 Å². The molecule has 2 aromatic heterocycles.